The van der Waals surface area contributed by atoms with Gasteiger partial charge in [0.25, 0.3) is 0 Å². The van der Waals surface area contributed by atoms with Crippen molar-refractivity contribution in [2.24, 2.45) is 0 Å². The fraction of sp³-hybridized carbons (Fsp3) is 0. The molecule has 2 aromatic heterocycles. The van der Waals surface area contributed by atoms with Crippen molar-refractivity contribution in [1.29, 1.82) is 0 Å². The zero-order valence-electron chi connectivity index (χ0n) is 9.32. The maximum atomic E-state index is 9.87. The quantitative estimate of drug-likeness (QED) is 0.523. The number of aromatic nitrogens is 4. The number of hydrogen-bond acceptors (Lipinski definition) is 6. The number of H-pyrrole nitrogens is 2. The molecule has 107 valence electrons. The number of nitrogens with one attached hydrogen (secondary N) is 2. The van der Waals surface area contributed by atoms with Crippen LogP contribution in [-0.4, -0.2) is 32.3 Å². The minimum atomic E-state index is -1.26. The second kappa shape index (κ2) is 10.9. The van der Waals surface area contributed by atoms with Crippen LogP contribution in [0, 0.1) is 0 Å². The maximum absolute atomic E-state index is 9.87. The van der Waals surface area contributed by atoms with Crippen LogP contribution in [0.15, 0.2) is 24.5 Å². The van der Waals surface area contributed by atoms with Gasteiger partial charge in [-0.15, -0.1) is 0 Å². The molecule has 0 atom stereocenters. The van der Waals surface area contributed by atoms with E-state index in [9.17, 15) is 19.8 Å². The largest absolute Gasteiger partial charge is 2.00 e. The third kappa shape index (κ3) is 7.66. The molecule has 11 heteroatoms. The van der Waals surface area contributed by atoms with Crippen LogP contribution in [0.2, 0.25) is 0 Å². The fourth-order valence-corrected chi connectivity index (χ4v) is 0.748. The number of aromatic amines is 2. The Morgan fingerprint density at radius 3 is 1.32 bits per heavy atom. The number of carbonyl (C=O) groups is 2. The van der Waals surface area contributed by atoms with Crippen molar-refractivity contribution < 1.29 is 47.5 Å². The molecule has 0 saturated heterocycles. The fourth-order valence-electron chi connectivity index (χ4n) is 0.748. The second-order valence-electron chi connectivity index (χ2n) is 2.49. The molecule has 10 nitrogen and oxygen atoms in total. The summed E-state index contributed by atoms with van der Waals surface area (Å²) in [6.07, 6.45) is 2.84. The number of carboxylic acids is 2. The van der Waals surface area contributed by atoms with E-state index in [0.717, 1.165) is 0 Å². The minimum Gasteiger partial charge on any atom is -0.543 e. The van der Waals surface area contributed by atoms with Crippen molar-refractivity contribution in [2.45, 2.75) is 0 Å². The van der Waals surface area contributed by atoms with E-state index in [1.807, 2.05) is 0 Å². The van der Waals surface area contributed by atoms with Crippen LogP contribution in [0.25, 0.3) is 0 Å². The summed E-state index contributed by atoms with van der Waals surface area (Å²) in [7, 11) is 0. The smallest absolute Gasteiger partial charge is 0.543 e. The first-order valence-electron chi connectivity index (χ1n) is 4.03. The molecule has 0 aliphatic carbocycles. The SMILES string of the molecule is O=C([O-])c1cc[nH]n1.O=C([O-])c1cc[nH]n1.[Co+2].[OH3+].[OH3+]. The van der Waals surface area contributed by atoms with Crippen LogP contribution in [0.4, 0.5) is 0 Å². The summed E-state index contributed by atoms with van der Waals surface area (Å²) in [6, 6.07) is 2.66. The van der Waals surface area contributed by atoms with Crippen molar-refractivity contribution in [2.75, 3.05) is 0 Å². The van der Waals surface area contributed by atoms with E-state index in [1.54, 1.807) is 0 Å². The number of hydrogen-bond donors (Lipinski definition) is 2. The molecule has 0 saturated carbocycles. The molecule has 0 fully saturated rings. The normalized spacial score (nSPS) is 7.58. The van der Waals surface area contributed by atoms with Crippen LogP contribution in [0.5, 0.6) is 0 Å². The Morgan fingerprint density at radius 1 is 0.895 bits per heavy atom. The molecule has 8 N–H and O–H groups in total. The Kier molecular flexibility index (Phi) is 12.6. The number of nitrogens with zero attached hydrogens (tertiary/aromatic N) is 2. The summed E-state index contributed by atoms with van der Waals surface area (Å²) in [6.45, 7) is 0. The van der Waals surface area contributed by atoms with Crippen LogP contribution < -0.4 is 10.2 Å². The molecule has 0 amide bonds. The molecule has 1 radical (unpaired) electrons. The summed E-state index contributed by atoms with van der Waals surface area (Å²) >= 11 is 0. The topological polar surface area (TPSA) is 204 Å². The van der Waals surface area contributed by atoms with Crippen molar-refractivity contribution in [3.63, 3.8) is 0 Å². The number of carbonyl (C=O) groups excluding carboxylic acids is 2. The van der Waals surface area contributed by atoms with Crippen LogP contribution >= 0.6 is 0 Å². The monoisotopic (exact) mass is 319 g/mol. The van der Waals surface area contributed by atoms with Crippen LogP contribution in [0.3, 0.4) is 0 Å². The van der Waals surface area contributed by atoms with E-state index in [-0.39, 0.29) is 39.1 Å². The first-order chi connectivity index (χ1) is 7.61. The van der Waals surface area contributed by atoms with Gasteiger partial charge in [0.05, 0.1) is 11.9 Å². The molecule has 0 aliphatic rings. The first-order valence-corrected chi connectivity index (χ1v) is 4.03. The zero-order valence-corrected chi connectivity index (χ0v) is 10.4. The van der Waals surface area contributed by atoms with Gasteiger partial charge >= 0.3 is 16.8 Å². The second-order valence-corrected chi connectivity index (χ2v) is 2.49. The molecule has 2 rings (SSSR count). The summed E-state index contributed by atoms with van der Waals surface area (Å²) in [5.74, 6) is -2.52. The molecule has 0 spiro atoms. The molecule has 0 unspecified atom stereocenters. The van der Waals surface area contributed by atoms with E-state index < -0.39 is 11.9 Å². The molecule has 19 heavy (non-hydrogen) atoms. The summed E-state index contributed by atoms with van der Waals surface area (Å²) in [5.41, 5.74) is -0.130. The van der Waals surface area contributed by atoms with E-state index >= 15 is 0 Å². The van der Waals surface area contributed by atoms with Gasteiger partial charge in [-0.1, -0.05) is 0 Å². The zero-order chi connectivity index (χ0) is 12.0. The van der Waals surface area contributed by atoms with E-state index in [4.69, 9.17) is 0 Å². The van der Waals surface area contributed by atoms with Crippen molar-refractivity contribution >= 4 is 11.9 Å². The summed E-state index contributed by atoms with van der Waals surface area (Å²) in [4.78, 5) is 19.7. The number of aromatic carboxylic acids is 2. The average Bonchev–Trinajstić information content (AvgIpc) is 2.93. The third-order valence-electron chi connectivity index (χ3n) is 1.42. The van der Waals surface area contributed by atoms with E-state index in [2.05, 4.69) is 20.4 Å². The van der Waals surface area contributed by atoms with Crippen LogP contribution in [-0.2, 0) is 27.7 Å². The first kappa shape index (κ1) is 22.0. The summed E-state index contributed by atoms with van der Waals surface area (Å²) in [5, 5.41) is 31.1. The van der Waals surface area contributed by atoms with Crippen LogP contribution in [0.1, 0.15) is 21.0 Å². The molecule has 2 aromatic rings. The van der Waals surface area contributed by atoms with Crippen molar-refractivity contribution in [3.05, 3.63) is 35.9 Å². The third-order valence-corrected chi connectivity index (χ3v) is 1.42. The predicted octanol–water partition coefficient (Wildman–Crippen LogP) is -4.30. The van der Waals surface area contributed by atoms with Gasteiger partial charge in [-0.05, 0) is 12.1 Å². The average molecular weight is 319 g/mol. The van der Waals surface area contributed by atoms with E-state index in [0.29, 0.717) is 0 Å². The Morgan fingerprint density at radius 2 is 1.21 bits per heavy atom. The van der Waals surface area contributed by atoms with Gasteiger partial charge in [0.2, 0.25) is 0 Å². The van der Waals surface area contributed by atoms with Gasteiger partial charge in [-0.25, -0.2) is 0 Å². The Labute approximate surface area is 116 Å². The summed E-state index contributed by atoms with van der Waals surface area (Å²) < 4.78 is 0. The van der Waals surface area contributed by atoms with Gasteiger partial charge in [0, 0.05) is 12.4 Å². The van der Waals surface area contributed by atoms with Gasteiger partial charge in [0.1, 0.15) is 11.4 Å². The molecule has 2 heterocycles. The van der Waals surface area contributed by atoms with Gasteiger partial charge in [-0.2, -0.15) is 10.2 Å². The molecule has 0 bridgehead atoms. The predicted molar refractivity (Wildman–Crippen MR) is 55.6 cm³/mol. The van der Waals surface area contributed by atoms with E-state index in [1.165, 1.54) is 24.5 Å². The van der Waals surface area contributed by atoms with Gasteiger partial charge in [-0.3, -0.25) is 10.2 Å². The van der Waals surface area contributed by atoms with Crippen molar-refractivity contribution in [1.82, 2.24) is 20.4 Å². The Hall–Kier alpha value is -2.21. The minimum absolute atomic E-state index is 0. The number of rotatable bonds is 2. The van der Waals surface area contributed by atoms with Gasteiger partial charge < -0.3 is 30.8 Å². The molecule has 0 aromatic carbocycles. The standard InChI is InChI=1S/2C4H4N2O2.Co.2H2O/c2*7-4(8)3-1-2-5-6-3;;;/h2*1-2H,(H,5,6)(H,7,8);;2*1H2/q;;+2;;. The Balaban J connectivity index is -0.000000233. The Bertz CT molecular complexity index is 413. The molecular formula is C8H12CoN4O6+2. The molecule has 0 aliphatic heterocycles. The number of carboxylic acid groups (broad SMARTS) is 2. The molecular weight excluding hydrogens is 307 g/mol. The maximum Gasteiger partial charge on any atom is 2.00 e. The van der Waals surface area contributed by atoms with Gasteiger partial charge in [0.15, 0.2) is 0 Å². The van der Waals surface area contributed by atoms with Crippen molar-refractivity contribution in [3.8, 4) is 0 Å².